The van der Waals surface area contributed by atoms with Gasteiger partial charge in [-0.15, -0.1) is 0 Å². The average Bonchev–Trinajstić information content (AvgIpc) is 2.70. The number of aliphatic hydroxyl groups excluding tert-OH is 2. The van der Waals surface area contributed by atoms with E-state index in [9.17, 15) is 5.11 Å². The highest BCUT2D eigenvalue weighted by Crippen LogP contribution is 2.13. The first-order valence-electron chi connectivity index (χ1n) is 5.60. The van der Waals surface area contributed by atoms with Gasteiger partial charge >= 0.3 is 0 Å². The number of aromatic nitrogens is 2. The molecule has 0 saturated carbocycles. The highest BCUT2D eigenvalue weighted by molar-refractivity contribution is 5.75. The highest BCUT2D eigenvalue weighted by atomic mass is 16.3. The number of rotatable bonds is 5. The van der Waals surface area contributed by atoms with Crippen molar-refractivity contribution in [1.82, 2.24) is 14.9 Å². The number of aliphatic hydroxyl groups is 2. The summed E-state index contributed by atoms with van der Waals surface area (Å²) in [6.45, 7) is 0.826. The molecule has 1 unspecified atom stereocenters. The summed E-state index contributed by atoms with van der Waals surface area (Å²) in [6.07, 6.45) is 1.09. The van der Waals surface area contributed by atoms with E-state index in [1.807, 2.05) is 29.8 Å². The van der Waals surface area contributed by atoms with Crippen molar-refractivity contribution >= 4 is 11.0 Å². The predicted octanol–water partition coefficient (Wildman–Crippen LogP) is 0.0161. The van der Waals surface area contributed by atoms with E-state index in [1.54, 1.807) is 6.33 Å². The van der Waals surface area contributed by atoms with E-state index in [0.717, 1.165) is 16.6 Å². The number of imidazole rings is 1. The topological polar surface area (TPSA) is 70.3 Å². The molecule has 1 aromatic heterocycles. The van der Waals surface area contributed by atoms with Crippen molar-refractivity contribution in [3.05, 3.63) is 30.1 Å². The van der Waals surface area contributed by atoms with Gasteiger partial charge in [0.15, 0.2) is 0 Å². The van der Waals surface area contributed by atoms with Crippen LogP contribution in [0.15, 0.2) is 24.5 Å². The lowest BCUT2D eigenvalue weighted by Gasteiger charge is -2.08. The second-order valence-corrected chi connectivity index (χ2v) is 4.15. The Hall–Kier alpha value is -1.43. The smallest absolute Gasteiger partial charge is 0.0955 e. The van der Waals surface area contributed by atoms with Gasteiger partial charge < -0.3 is 20.1 Å². The molecular weight excluding hydrogens is 218 g/mol. The van der Waals surface area contributed by atoms with Gasteiger partial charge in [0.05, 0.1) is 30.1 Å². The van der Waals surface area contributed by atoms with Crippen LogP contribution in [0.4, 0.5) is 0 Å². The zero-order valence-corrected chi connectivity index (χ0v) is 9.80. The summed E-state index contributed by atoms with van der Waals surface area (Å²) in [6, 6.07) is 6.08. The molecule has 1 heterocycles. The second kappa shape index (κ2) is 5.27. The standard InChI is InChI=1S/C12H17N3O2/c1-15-8-14-11-4-9(2-3-12(11)15)5-13-6-10(17)7-16/h2-4,8,10,13,16-17H,5-7H2,1H3. The van der Waals surface area contributed by atoms with Crippen molar-refractivity contribution in [2.24, 2.45) is 7.05 Å². The van der Waals surface area contributed by atoms with Gasteiger partial charge in [-0.3, -0.25) is 0 Å². The van der Waals surface area contributed by atoms with Crippen molar-refractivity contribution in [2.75, 3.05) is 13.2 Å². The van der Waals surface area contributed by atoms with Crippen LogP contribution in [-0.4, -0.2) is 39.0 Å². The molecule has 0 amide bonds. The van der Waals surface area contributed by atoms with Crippen LogP contribution in [0.25, 0.3) is 11.0 Å². The van der Waals surface area contributed by atoms with Crippen LogP contribution in [-0.2, 0) is 13.6 Å². The number of hydrogen-bond donors (Lipinski definition) is 3. The Morgan fingerprint density at radius 2 is 2.29 bits per heavy atom. The molecule has 3 N–H and O–H groups in total. The SMILES string of the molecule is Cn1cnc2cc(CNCC(O)CO)ccc21. The molecule has 5 nitrogen and oxygen atoms in total. The summed E-state index contributed by atoms with van der Waals surface area (Å²) in [5.74, 6) is 0. The molecule has 2 rings (SSSR count). The van der Waals surface area contributed by atoms with Crippen LogP contribution in [0.5, 0.6) is 0 Å². The third-order valence-corrected chi connectivity index (χ3v) is 2.71. The molecule has 0 fully saturated rings. The van der Waals surface area contributed by atoms with Crippen LogP contribution >= 0.6 is 0 Å². The summed E-state index contributed by atoms with van der Waals surface area (Å²) in [4.78, 5) is 4.28. The molecule has 17 heavy (non-hydrogen) atoms. The molecule has 1 atom stereocenters. The first kappa shape index (κ1) is 12.0. The third-order valence-electron chi connectivity index (χ3n) is 2.71. The predicted molar refractivity (Wildman–Crippen MR) is 65.5 cm³/mol. The number of nitrogens with zero attached hydrogens (tertiary/aromatic N) is 2. The molecule has 2 aromatic rings. The molecule has 0 bridgehead atoms. The van der Waals surface area contributed by atoms with E-state index in [4.69, 9.17) is 5.11 Å². The lowest BCUT2D eigenvalue weighted by molar-refractivity contribution is 0.0942. The molecule has 0 aliphatic heterocycles. The average molecular weight is 235 g/mol. The van der Waals surface area contributed by atoms with E-state index < -0.39 is 6.10 Å². The summed E-state index contributed by atoms with van der Waals surface area (Å²) in [5.41, 5.74) is 3.18. The first-order chi connectivity index (χ1) is 8.20. The number of hydrogen-bond acceptors (Lipinski definition) is 4. The molecule has 0 spiro atoms. The molecule has 1 aromatic carbocycles. The van der Waals surface area contributed by atoms with E-state index >= 15 is 0 Å². The molecule has 0 aliphatic rings. The van der Waals surface area contributed by atoms with E-state index in [2.05, 4.69) is 10.3 Å². The van der Waals surface area contributed by atoms with E-state index in [-0.39, 0.29) is 6.61 Å². The van der Waals surface area contributed by atoms with Gasteiger partial charge in [-0.1, -0.05) is 6.07 Å². The number of benzene rings is 1. The Kier molecular flexibility index (Phi) is 3.73. The van der Waals surface area contributed by atoms with Gasteiger partial charge in [-0.25, -0.2) is 4.98 Å². The monoisotopic (exact) mass is 235 g/mol. The fourth-order valence-electron chi connectivity index (χ4n) is 1.74. The normalized spacial score (nSPS) is 13.1. The largest absolute Gasteiger partial charge is 0.394 e. The van der Waals surface area contributed by atoms with Crippen LogP contribution in [0.2, 0.25) is 0 Å². The van der Waals surface area contributed by atoms with E-state index in [0.29, 0.717) is 13.1 Å². The molecule has 92 valence electrons. The summed E-state index contributed by atoms with van der Waals surface area (Å²) < 4.78 is 1.97. The van der Waals surface area contributed by atoms with E-state index in [1.165, 1.54) is 0 Å². The quantitative estimate of drug-likeness (QED) is 0.683. The van der Waals surface area contributed by atoms with Gasteiger partial charge in [0.2, 0.25) is 0 Å². The molecule has 5 heteroatoms. The van der Waals surface area contributed by atoms with Gasteiger partial charge in [0.25, 0.3) is 0 Å². The Balaban J connectivity index is 1.99. The molecule has 0 saturated heterocycles. The van der Waals surface area contributed by atoms with Gasteiger partial charge in [0.1, 0.15) is 0 Å². The van der Waals surface area contributed by atoms with Crippen LogP contribution in [0.1, 0.15) is 5.56 Å². The van der Waals surface area contributed by atoms with Crippen LogP contribution in [0, 0.1) is 0 Å². The number of fused-ring (bicyclic) bond motifs is 1. The highest BCUT2D eigenvalue weighted by Gasteiger charge is 2.03. The third kappa shape index (κ3) is 2.82. The number of aryl methyl sites for hydroxylation is 1. The summed E-state index contributed by atoms with van der Waals surface area (Å²) >= 11 is 0. The van der Waals surface area contributed by atoms with Crippen molar-refractivity contribution in [3.8, 4) is 0 Å². The van der Waals surface area contributed by atoms with Gasteiger partial charge in [-0.05, 0) is 17.7 Å². The Labute approximate surface area is 99.7 Å². The lowest BCUT2D eigenvalue weighted by Crippen LogP contribution is -2.28. The Morgan fingerprint density at radius 1 is 1.47 bits per heavy atom. The van der Waals surface area contributed by atoms with Crippen molar-refractivity contribution in [3.63, 3.8) is 0 Å². The maximum atomic E-state index is 9.18. The minimum Gasteiger partial charge on any atom is -0.394 e. The van der Waals surface area contributed by atoms with Gasteiger partial charge in [0, 0.05) is 20.1 Å². The van der Waals surface area contributed by atoms with Crippen LogP contribution < -0.4 is 5.32 Å². The maximum Gasteiger partial charge on any atom is 0.0955 e. The zero-order valence-electron chi connectivity index (χ0n) is 9.80. The minimum absolute atomic E-state index is 0.216. The fraction of sp³-hybridized carbons (Fsp3) is 0.417. The Bertz CT molecular complexity index is 495. The first-order valence-corrected chi connectivity index (χ1v) is 5.60. The summed E-state index contributed by atoms with van der Waals surface area (Å²) in [7, 11) is 1.96. The molecule has 0 aliphatic carbocycles. The molecule has 0 radical (unpaired) electrons. The number of nitrogens with one attached hydrogen (secondary N) is 1. The van der Waals surface area contributed by atoms with Crippen molar-refractivity contribution in [1.29, 1.82) is 0 Å². The van der Waals surface area contributed by atoms with Crippen LogP contribution in [0.3, 0.4) is 0 Å². The second-order valence-electron chi connectivity index (χ2n) is 4.15. The Morgan fingerprint density at radius 3 is 3.06 bits per heavy atom. The zero-order chi connectivity index (χ0) is 12.3. The lowest BCUT2D eigenvalue weighted by atomic mass is 10.2. The molecular formula is C12H17N3O2. The fourth-order valence-corrected chi connectivity index (χ4v) is 1.74. The van der Waals surface area contributed by atoms with Gasteiger partial charge in [-0.2, -0.15) is 0 Å². The minimum atomic E-state index is -0.700. The van der Waals surface area contributed by atoms with Crippen molar-refractivity contribution < 1.29 is 10.2 Å². The summed E-state index contributed by atoms with van der Waals surface area (Å²) in [5, 5.41) is 20.9. The van der Waals surface area contributed by atoms with Crippen molar-refractivity contribution in [2.45, 2.75) is 12.6 Å². The maximum absolute atomic E-state index is 9.18.